The van der Waals surface area contributed by atoms with Crippen LogP contribution in [0.5, 0.6) is 0 Å². The van der Waals surface area contributed by atoms with Gasteiger partial charge in [0.05, 0.1) is 19.3 Å². The van der Waals surface area contributed by atoms with Crippen molar-refractivity contribution in [2.75, 3.05) is 12.4 Å². The van der Waals surface area contributed by atoms with Gasteiger partial charge in [0.15, 0.2) is 0 Å². The van der Waals surface area contributed by atoms with Crippen molar-refractivity contribution in [2.24, 2.45) is 5.73 Å². The Morgan fingerprint density at radius 3 is 2.76 bits per heavy atom. The van der Waals surface area contributed by atoms with E-state index in [0.717, 1.165) is 6.07 Å². The zero-order valence-electron chi connectivity index (χ0n) is 11.3. The lowest BCUT2D eigenvalue weighted by Crippen LogP contribution is -2.12. The van der Waals surface area contributed by atoms with Gasteiger partial charge in [0.1, 0.15) is 11.5 Å². The minimum atomic E-state index is -0.633. The van der Waals surface area contributed by atoms with Crippen molar-refractivity contribution in [3.05, 3.63) is 53.1 Å². The lowest BCUT2D eigenvalue weighted by Gasteiger charge is -2.07. The number of esters is 1. The number of ether oxygens (including phenoxy) is 1. The number of aromatic nitrogens is 1. The highest BCUT2D eigenvalue weighted by Gasteiger charge is 2.10. The van der Waals surface area contributed by atoms with Crippen LogP contribution in [0.25, 0.3) is 0 Å². The summed E-state index contributed by atoms with van der Waals surface area (Å²) < 4.78 is 18.2. The average Bonchev–Trinajstić information content (AvgIpc) is 2.94. The molecule has 1 heterocycles. The molecule has 0 bridgehead atoms. The number of hydrogen-bond acceptors (Lipinski definition) is 4. The van der Waals surface area contributed by atoms with Gasteiger partial charge in [-0.25, -0.2) is 9.18 Å². The van der Waals surface area contributed by atoms with E-state index in [4.69, 9.17) is 5.73 Å². The van der Waals surface area contributed by atoms with E-state index in [1.165, 1.54) is 19.2 Å². The highest BCUT2D eigenvalue weighted by Crippen LogP contribution is 2.17. The van der Waals surface area contributed by atoms with Gasteiger partial charge in [-0.1, -0.05) is 0 Å². The molecule has 1 amide bonds. The number of nitrogens with two attached hydrogens (primary N) is 1. The van der Waals surface area contributed by atoms with Crippen LogP contribution in [-0.4, -0.2) is 24.0 Å². The lowest BCUT2D eigenvalue weighted by molar-refractivity contribution is 0.0594. The Morgan fingerprint density at radius 1 is 1.33 bits per heavy atom. The maximum Gasteiger partial charge on any atom is 0.354 e. The van der Waals surface area contributed by atoms with E-state index in [0.29, 0.717) is 11.4 Å². The quantitative estimate of drug-likeness (QED) is 0.730. The largest absolute Gasteiger partial charge is 0.464 e. The minimum Gasteiger partial charge on any atom is -0.464 e. The first-order valence-electron chi connectivity index (χ1n) is 6.10. The van der Waals surface area contributed by atoms with Crippen LogP contribution >= 0.6 is 0 Å². The highest BCUT2D eigenvalue weighted by atomic mass is 19.1. The van der Waals surface area contributed by atoms with Crippen molar-refractivity contribution in [2.45, 2.75) is 6.54 Å². The monoisotopic (exact) mass is 291 g/mol. The molecule has 6 nitrogen and oxygen atoms in total. The summed E-state index contributed by atoms with van der Waals surface area (Å²) in [4.78, 5) is 25.2. The number of primary amides is 1. The number of nitrogens with one attached hydrogen (secondary N) is 2. The molecule has 0 aliphatic rings. The van der Waals surface area contributed by atoms with Gasteiger partial charge in [-0.3, -0.25) is 4.79 Å². The molecule has 0 saturated carbocycles. The second-order valence-electron chi connectivity index (χ2n) is 4.30. The molecule has 0 aliphatic heterocycles. The molecule has 0 aliphatic carbocycles. The summed E-state index contributed by atoms with van der Waals surface area (Å²) in [5, 5.41) is 2.83. The molecule has 0 radical (unpaired) electrons. The summed E-state index contributed by atoms with van der Waals surface area (Å²) in [6.07, 6.45) is 0. The number of H-pyrrole nitrogens is 1. The van der Waals surface area contributed by atoms with E-state index in [2.05, 4.69) is 15.0 Å². The fraction of sp³-hybridized carbons (Fsp3) is 0.143. The molecule has 21 heavy (non-hydrogen) atoms. The van der Waals surface area contributed by atoms with E-state index >= 15 is 0 Å². The van der Waals surface area contributed by atoms with Crippen LogP contribution in [0.3, 0.4) is 0 Å². The lowest BCUT2D eigenvalue weighted by atomic mass is 10.2. The molecule has 110 valence electrons. The molecule has 0 saturated heterocycles. The van der Waals surface area contributed by atoms with Crippen molar-refractivity contribution >= 4 is 17.6 Å². The molecule has 0 fully saturated rings. The number of amides is 1. The summed E-state index contributed by atoms with van der Waals surface area (Å²) in [5.74, 6) is -1.62. The second kappa shape index (κ2) is 6.08. The zero-order valence-corrected chi connectivity index (χ0v) is 11.3. The molecule has 1 aromatic heterocycles. The van der Waals surface area contributed by atoms with Crippen molar-refractivity contribution in [3.63, 3.8) is 0 Å². The van der Waals surface area contributed by atoms with Crippen LogP contribution in [0.1, 0.15) is 26.5 Å². The third kappa shape index (κ3) is 3.38. The molecule has 0 spiro atoms. The summed E-state index contributed by atoms with van der Waals surface area (Å²) in [7, 11) is 1.28. The predicted octanol–water partition coefficient (Wildman–Crippen LogP) is 1.65. The van der Waals surface area contributed by atoms with Crippen LogP contribution in [0.2, 0.25) is 0 Å². The van der Waals surface area contributed by atoms with Gasteiger partial charge < -0.3 is 20.8 Å². The summed E-state index contributed by atoms with van der Waals surface area (Å²) in [6.45, 7) is 0.246. The van der Waals surface area contributed by atoms with Crippen LogP contribution in [-0.2, 0) is 11.3 Å². The van der Waals surface area contributed by atoms with Gasteiger partial charge >= 0.3 is 5.97 Å². The number of methoxy groups -OCH3 is 1. The Kier molecular flexibility index (Phi) is 4.22. The smallest absolute Gasteiger partial charge is 0.354 e. The number of halogens is 1. The van der Waals surface area contributed by atoms with Gasteiger partial charge in [0, 0.05) is 11.3 Å². The first-order chi connectivity index (χ1) is 10.0. The Balaban J connectivity index is 2.09. The van der Waals surface area contributed by atoms with Crippen LogP contribution in [0.15, 0.2) is 30.3 Å². The zero-order chi connectivity index (χ0) is 15.4. The van der Waals surface area contributed by atoms with Crippen LogP contribution < -0.4 is 11.1 Å². The van der Waals surface area contributed by atoms with Gasteiger partial charge in [0.2, 0.25) is 5.91 Å². The van der Waals surface area contributed by atoms with Crippen molar-refractivity contribution in [1.82, 2.24) is 4.98 Å². The molecule has 2 rings (SSSR count). The molecular formula is C14H14FN3O3. The van der Waals surface area contributed by atoms with Crippen LogP contribution in [0.4, 0.5) is 10.1 Å². The summed E-state index contributed by atoms with van der Waals surface area (Å²) >= 11 is 0. The minimum absolute atomic E-state index is 0.153. The van der Waals surface area contributed by atoms with Crippen molar-refractivity contribution < 1.29 is 18.7 Å². The van der Waals surface area contributed by atoms with Gasteiger partial charge in [0.25, 0.3) is 0 Å². The molecule has 4 N–H and O–H groups in total. The molecular weight excluding hydrogens is 277 g/mol. The van der Waals surface area contributed by atoms with Crippen molar-refractivity contribution in [3.8, 4) is 0 Å². The summed E-state index contributed by atoms with van der Waals surface area (Å²) in [6, 6.07) is 7.06. The van der Waals surface area contributed by atoms with E-state index in [1.54, 1.807) is 12.1 Å². The number of aromatic amines is 1. The number of hydrogen-bond donors (Lipinski definition) is 3. The standard InChI is InChI=1S/C14H14FN3O3/c1-21-14(20)11-5-3-9(18-11)7-17-12-6-8(13(16)19)2-4-10(12)15/h2-6,17-18H,7H2,1H3,(H2,16,19). The van der Waals surface area contributed by atoms with Gasteiger partial charge in [-0.15, -0.1) is 0 Å². The van der Waals surface area contributed by atoms with Crippen LogP contribution in [0, 0.1) is 5.82 Å². The third-order valence-corrected chi connectivity index (χ3v) is 2.87. The second-order valence-corrected chi connectivity index (χ2v) is 4.30. The summed E-state index contributed by atoms with van der Waals surface area (Å²) in [5.41, 5.74) is 6.48. The van der Waals surface area contributed by atoms with Gasteiger partial charge in [-0.05, 0) is 30.3 Å². The number of rotatable bonds is 5. The maximum atomic E-state index is 13.6. The molecule has 2 aromatic rings. The third-order valence-electron chi connectivity index (χ3n) is 2.87. The van der Waals surface area contributed by atoms with E-state index in [-0.39, 0.29) is 17.8 Å². The fourth-order valence-corrected chi connectivity index (χ4v) is 1.78. The molecule has 0 unspecified atom stereocenters. The number of carbonyl (C=O) groups excluding carboxylic acids is 2. The number of carbonyl (C=O) groups is 2. The Hall–Kier alpha value is -2.83. The Morgan fingerprint density at radius 2 is 2.10 bits per heavy atom. The first kappa shape index (κ1) is 14.6. The Bertz CT molecular complexity index is 682. The fourth-order valence-electron chi connectivity index (χ4n) is 1.78. The van der Waals surface area contributed by atoms with Crippen molar-refractivity contribution in [1.29, 1.82) is 0 Å². The van der Waals surface area contributed by atoms with E-state index in [1.807, 2.05) is 0 Å². The van der Waals surface area contributed by atoms with Gasteiger partial charge in [-0.2, -0.15) is 0 Å². The molecule has 1 aromatic carbocycles. The predicted molar refractivity (Wildman–Crippen MR) is 74.4 cm³/mol. The normalized spacial score (nSPS) is 10.2. The SMILES string of the molecule is COC(=O)c1ccc(CNc2cc(C(N)=O)ccc2F)[nH]1. The van der Waals surface area contributed by atoms with E-state index < -0.39 is 17.7 Å². The average molecular weight is 291 g/mol. The van der Waals surface area contributed by atoms with E-state index in [9.17, 15) is 14.0 Å². The maximum absolute atomic E-state index is 13.6. The number of anilines is 1. The molecule has 0 atom stereocenters. The first-order valence-corrected chi connectivity index (χ1v) is 6.10. The number of benzene rings is 1. The Labute approximate surface area is 120 Å². The highest BCUT2D eigenvalue weighted by molar-refractivity contribution is 5.93. The molecule has 7 heteroatoms. The topological polar surface area (TPSA) is 97.2 Å².